The minimum absolute atomic E-state index is 0.704. The van der Waals surface area contributed by atoms with E-state index in [-0.39, 0.29) is 0 Å². The quantitative estimate of drug-likeness (QED) is 0.169. The van der Waals surface area contributed by atoms with Gasteiger partial charge in [-0.2, -0.15) is 0 Å². The van der Waals surface area contributed by atoms with Gasteiger partial charge in [-0.1, -0.05) is 133 Å². The monoisotopic (exact) mass is 758 g/mol. The van der Waals surface area contributed by atoms with Gasteiger partial charge in [0.05, 0.1) is 11.4 Å². The molecule has 0 atom stereocenters. The molecule has 5 heteroatoms. The summed E-state index contributed by atoms with van der Waals surface area (Å²) in [6, 6.07) is 60.7. The molecule has 4 nitrogen and oxygen atoms in total. The maximum Gasteiger partial charge on any atom is 0.160 e. The summed E-state index contributed by atoms with van der Waals surface area (Å²) in [5, 5.41) is 4.70. The fourth-order valence-electron chi connectivity index (χ4n) is 8.46. The highest BCUT2D eigenvalue weighted by Gasteiger charge is 2.25. The molecule has 0 fully saturated rings. The zero-order valence-electron chi connectivity index (χ0n) is 31.4. The molecule has 7 aromatic carbocycles. The van der Waals surface area contributed by atoms with Gasteiger partial charge in [0.2, 0.25) is 0 Å². The van der Waals surface area contributed by atoms with Crippen molar-refractivity contribution in [3.8, 4) is 78.4 Å². The maximum absolute atomic E-state index is 5.47. The molecular weight excluding hydrogens is 725 g/mol. The Morgan fingerprint density at radius 2 is 0.828 bits per heavy atom. The Kier molecular flexibility index (Phi) is 8.45. The largest absolute Gasteiger partial charge is 0.264 e. The van der Waals surface area contributed by atoms with Crippen LogP contribution in [0.3, 0.4) is 0 Å². The SMILES string of the molecule is c1ccc(-c2nc(-c3cc(-c4ccc(-c5cccnc5)c5ccccc45)cc(-c4ccc(-c5cccnc5)c5ccccc45)c3)nc3c2CSc2ccccc2-3)cc1. The van der Waals surface area contributed by atoms with Crippen molar-refractivity contribution in [3.63, 3.8) is 0 Å². The molecule has 0 radical (unpaired) electrons. The van der Waals surface area contributed by atoms with Gasteiger partial charge in [-0.05, 0) is 91.3 Å². The summed E-state index contributed by atoms with van der Waals surface area (Å²) < 4.78 is 0. The summed E-state index contributed by atoms with van der Waals surface area (Å²) in [7, 11) is 0. The Hall–Kier alpha value is -7.21. The summed E-state index contributed by atoms with van der Waals surface area (Å²) in [5.41, 5.74) is 15.3. The molecule has 11 rings (SSSR count). The van der Waals surface area contributed by atoms with Crippen molar-refractivity contribution in [2.45, 2.75) is 10.6 Å². The maximum atomic E-state index is 5.47. The van der Waals surface area contributed by atoms with Crippen LogP contribution in [0.4, 0.5) is 0 Å². The van der Waals surface area contributed by atoms with Gasteiger partial charge in [-0.25, -0.2) is 9.97 Å². The van der Waals surface area contributed by atoms with Crippen LogP contribution in [0.15, 0.2) is 200 Å². The molecular formula is C53H34N4S. The van der Waals surface area contributed by atoms with E-state index >= 15 is 0 Å². The van der Waals surface area contributed by atoms with E-state index < -0.39 is 0 Å². The van der Waals surface area contributed by atoms with Gasteiger partial charge in [-0.15, -0.1) is 11.8 Å². The van der Waals surface area contributed by atoms with Gasteiger partial charge in [0.15, 0.2) is 5.82 Å². The zero-order valence-corrected chi connectivity index (χ0v) is 32.2. The highest BCUT2D eigenvalue weighted by atomic mass is 32.2. The van der Waals surface area contributed by atoms with E-state index in [9.17, 15) is 0 Å². The Morgan fingerprint density at radius 1 is 0.362 bits per heavy atom. The number of nitrogens with zero attached hydrogens (tertiary/aromatic N) is 4. The third-order valence-electron chi connectivity index (χ3n) is 11.2. The summed E-state index contributed by atoms with van der Waals surface area (Å²) in [6.07, 6.45) is 7.52. The second-order valence-electron chi connectivity index (χ2n) is 14.6. The zero-order chi connectivity index (χ0) is 38.4. The van der Waals surface area contributed by atoms with Gasteiger partial charge in [-0.3, -0.25) is 9.97 Å². The first-order chi connectivity index (χ1) is 28.8. The average Bonchev–Trinajstić information content (AvgIpc) is 3.31. The molecule has 58 heavy (non-hydrogen) atoms. The van der Waals surface area contributed by atoms with Crippen molar-refractivity contribution in [2.24, 2.45) is 0 Å². The van der Waals surface area contributed by atoms with E-state index in [2.05, 4.69) is 168 Å². The van der Waals surface area contributed by atoms with E-state index in [4.69, 9.17) is 9.97 Å². The molecule has 1 aliphatic heterocycles. The molecule has 3 aromatic heterocycles. The van der Waals surface area contributed by atoms with Crippen molar-refractivity contribution in [1.82, 2.24) is 19.9 Å². The van der Waals surface area contributed by atoms with Crippen LogP contribution in [-0.4, -0.2) is 19.9 Å². The highest BCUT2D eigenvalue weighted by molar-refractivity contribution is 7.98. The molecule has 10 aromatic rings. The Labute approximate surface area is 341 Å². The van der Waals surface area contributed by atoms with Crippen LogP contribution in [0, 0.1) is 0 Å². The first-order valence-corrected chi connectivity index (χ1v) is 20.4. The second-order valence-corrected chi connectivity index (χ2v) is 15.6. The van der Waals surface area contributed by atoms with Crippen LogP contribution in [0.2, 0.25) is 0 Å². The first kappa shape index (κ1) is 34.1. The fourth-order valence-corrected chi connectivity index (χ4v) is 9.53. The van der Waals surface area contributed by atoms with E-state index in [0.29, 0.717) is 5.82 Å². The minimum atomic E-state index is 0.704. The van der Waals surface area contributed by atoms with Crippen LogP contribution in [0.1, 0.15) is 5.56 Å². The number of thioether (sulfide) groups is 1. The molecule has 0 saturated heterocycles. The summed E-state index contributed by atoms with van der Waals surface area (Å²) >= 11 is 1.85. The van der Waals surface area contributed by atoms with Gasteiger partial charge in [0.25, 0.3) is 0 Å². The van der Waals surface area contributed by atoms with Crippen LogP contribution in [0.5, 0.6) is 0 Å². The standard InChI is InChI=1S/C53H34N4S/c1-2-12-34(13-3-1)51-49-33-58-50-21-9-8-20-48(50)52(49)57-53(56-51)39-29-37(42-24-22-40(35-14-10-26-54-31-35)44-16-4-6-18-46(42)44)28-38(30-39)43-25-23-41(36-15-11-27-55-32-36)45-17-5-7-19-47(43)45/h1-32H,33H2. The van der Waals surface area contributed by atoms with Crippen molar-refractivity contribution in [3.05, 3.63) is 200 Å². The third kappa shape index (κ3) is 5.96. The average molecular weight is 759 g/mol. The van der Waals surface area contributed by atoms with Gasteiger partial charge in [0.1, 0.15) is 0 Å². The molecule has 0 amide bonds. The molecule has 0 saturated carbocycles. The van der Waals surface area contributed by atoms with Crippen LogP contribution in [0.25, 0.3) is 100.0 Å². The molecule has 272 valence electrons. The number of fused-ring (bicyclic) bond motifs is 5. The van der Waals surface area contributed by atoms with Crippen molar-refractivity contribution in [2.75, 3.05) is 0 Å². The number of aromatic nitrogens is 4. The first-order valence-electron chi connectivity index (χ1n) is 19.5. The number of hydrogen-bond acceptors (Lipinski definition) is 5. The molecule has 0 spiro atoms. The molecule has 0 aliphatic carbocycles. The third-order valence-corrected chi connectivity index (χ3v) is 12.3. The highest BCUT2D eigenvalue weighted by Crippen LogP contribution is 2.46. The number of rotatable bonds is 6. The Morgan fingerprint density at radius 3 is 1.38 bits per heavy atom. The van der Waals surface area contributed by atoms with E-state index in [0.717, 1.165) is 78.3 Å². The lowest BCUT2D eigenvalue weighted by Crippen LogP contribution is -2.06. The molecule has 0 bridgehead atoms. The Bertz CT molecular complexity index is 3010. The molecule has 4 heterocycles. The molecule has 1 aliphatic rings. The number of hydrogen-bond donors (Lipinski definition) is 0. The summed E-state index contributed by atoms with van der Waals surface area (Å²) in [5.74, 6) is 1.52. The van der Waals surface area contributed by atoms with E-state index in [1.807, 2.05) is 48.7 Å². The lowest BCUT2D eigenvalue weighted by molar-refractivity contribution is 1.12. The van der Waals surface area contributed by atoms with Crippen molar-refractivity contribution in [1.29, 1.82) is 0 Å². The van der Waals surface area contributed by atoms with Crippen LogP contribution >= 0.6 is 11.8 Å². The predicted octanol–water partition coefficient (Wildman–Crippen LogP) is 13.8. The Balaban J connectivity index is 1.19. The topological polar surface area (TPSA) is 51.6 Å². The second kappa shape index (κ2) is 14.4. The lowest BCUT2D eigenvalue weighted by Gasteiger charge is -2.22. The normalized spacial score (nSPS) is 12.0. The fraction of sp³-hybridized carbons (Fsp3) is 0.0189. The minimum Gasteiger partial charge on any atom is -0.264 e. The van der Waals surface area contributed by atoms with E-state index in [1.165, 1.54) is 32.0 Å². The molecule has 0 unspecified atom stereocenters. The number of pyridine rings is 2. The molecule has 0 N–H and O–H groups in total. The lowest BCUT2D eigenvalue weighted by atomic mass is 9.88. The van der Waals surface area contributed by atoms with Gasteiger partial charge in [0, 0.05) is 68.8 Å². The van der Waals surface area contributed by atoms with E-state index in [1.54, 1.807) is 0 Å². The van der Waals surface area contributed by atoms with Crippen LogP contribution in [-0.2, 0) is 5.75 Å². The summed E-state index contributed by atoms with van der Waals surface area (Å²) in [6.45, 7) is 0. The summed E-state index contributed by atoms with van der Waals surface area (Å²) in [4.78, 5) is 21.1. The van der Waals surface area contributed by atoms with Gasteiger partial charge < -0.3 is 0 Å². The predicted molar refractivity (Wildman–Crippen MR) is 240 cm³/mol. The van der Waals surface area contributed by atoms with Gasteiger partial charge >= 0.3 is 0 Å². The van der Waals surface area contributed by atoms with Crippen molar-refractivity contribution >= 4 is 33.3 Å². The van der Waals surface area contributed by atoms with Crippen molar-refractivity contribution < 1.29 is 0 Å². The van der Waals surface area contributed by atoms with Crippen LogP contribution < -0.4 is 0 Å². The smallest absolute Gasteiger partial charge is 0.160 e. The number of benzene rings is 7.